The van der Waals surface area contributed by atoms with Crippen LogP contribution in [0.4, 0.5) is 5.69 Å². The second-order valence-corrected chi connectivity index (χ2v) is 8.33. The van der Waals surface area contributed by atoms with Crippen LogP contribution in [0.15, 0.2) is 76.3 Å². The molecule has 32 heavy (non-hydrogen) atoms. The number of halogens is 1. The minimum Gasteiger partial charge on any atom is -0.274 e. The first-order chi connectivity index (χ1) is 15.5. The van der Waals surface area contributed by atoms with Crippen molar-refractivity contribution in [3.05, 3.63) is 98.3 Å². The third-order valence-corrected chi connectivity index (χ3v) is 6.34. The highest BCUT2D eigenvalue weighted by Crippen LogP contribution is 2.41. The molecular formula is C23H19ClN4O4. The summed E-state index contributed by atoms with van der Waals surface area (Å²) in [6, 6.07) is 15.3. The van der Waals surface area contributed by atoms with Crippen molar-refractivity contribution in [1.29, 1.82) is 0 Å². The summed E-state index contributed by atoms with van der Waals surface area (Å²) in [5.74, 6) is -1.96. The van der Waals surface area contributed by atoms with Crippen molar-refractivity contribution in [3.8, 4) is 0 Å². The molecule has 2 amide bonds. The predicted octanol–water partition coefficient (Wildman–Crippen LogP) is 2.35. The summed E-state index contributed by atoms with van der Waals surface area (Å²) in [6.07, 6.45) is 3.57. The number of imide groups is 1. The van der Waals surface area contributed by atoms with Crippen LogP contribution in [0.2, 0.25) is 5.02 Å². The van der Waals surface area contributed by atoms with Gasteiger partial charge in [0.1, 0.15) is 0 Å². The van der Waals surface area contributed by atoms with Gasteiger partial charge >= 0.3 is 11.4 Å². The highest BCUT2D eigenvalue weighted by molar-refractivity contribution is 6.36. The van der Waals surface area contributed by atoms with Gasteiger partial charge in [-0.3, -0.25) is 9.59 Å². The summed E-state index contributed by atoms with van der Waals surface area (Å²) >= 11 is 6.21. The molecule has 1 fully saturated rings. The van der Waals surface area contributed by atoms with Crippen LogP contribution in [0.25, 0.3) is 0 Å². The Morgan fingerprint density at radius 2 is 1.62 bits per heavy atom. The fraction of sp³-hybridized carbons (Fsp3) is 0.217. The van der Waals surface area contributed by atoms with Crippen molar-refractivity contribution in [2.24, 2.45) is 11.8 Å². The van der Waals surface area contributed by atoms with Gasteiger partial charge in [-0.2, -0.15) is 0 Å². The molecular weight excluding hydrogens is 432 g/mol. The molecule has 0 bridgehead atoms. The molecule has 5 rings (SSSR count). The number of amides is 2. The summed E-state index contributed by atoms with van der Waals surface area (Å²) in [5.41, 5.74) is 0.153. The number of H-pyrrole nitrogens is 1. The molecule has 2 aliphatic rings. The number of aromatic amines is 1. The van der Waals surface area contributed by atoms with Crippen LogP contribution < -0.4 is 16.3 Å². The fourth-order valence-electron chi connectivity index (χ4n) is 4.42. The molecule has 2 heterocycles. The van der Waals surface area contributed by atoms with E-state index in [2.05, 4.69) is 5.10 Å². The average Bonchev–Trinajstić information content (AvgIpc) is 3.22. The number of aromatic nitrogens is 3. The molecule has 1 N–H and O–H groups in total. The number of carbonyl (C=O) groups is 2. The summed E-state index contributed by atoms with van der Waals surface area (Å²) < 4.78 is 2.35. The third-order valence-electron chi connectivity index (χ3n) is 6.02. The fourth-order valence-corrected chi connectivity index (χ4v) is 4.64. The van der Waals surface area contributed by atoms with E-state index in [-0.39, 0.29) is 24.8 Å². The van der Waals surface area contributed by atoms with Gasteiger partial charge in [0.15, 0.2) is 0 Å². The molecule has 2 aromatic carbocycles. The van der Waals surface area contributed by atoms with Crippen LogP contribution in [-0.4, -0.2) is 26.2 Å². The van der Waals surface area contributed by atoms with E-state index in [9.17, 15) is 19.2 Å². The number of fused-ring (bicyclic) bond motifs is 1. The molecule has 162 valence electrons. The maximum absolute atomic E-state index is 13.1. The predicted molar refractivity (Wildman–Crippen MR) is 119 cm³/mol. The average molecular weight is 451 g/mol. The summed E-state index contributed by atoms with van der Waals surface area (Å²) in [4.78, 5) is 52.6. The van der Waals surface area contributed by atoms with Crippen LogP contribution in [0.3, 0.4) is 0 Å². The Morgan fingerprint density at radius 3 is 2.38 bits per heavy atom. The number of hydrogen-bond donors (Lipinski definition) is 1. The normalized spacial score (nSPS) is 22.4. The van der Waals surface area contributed by atoms with Gasteiger partial charge < -0.3 is 0 Å². The number of benzene rings is 2. The van der Waals surface area contributed by atoms with Gasteiger partial charge in [0, 0.05) is 0 Å². The standard InChI is InChI=1S/C23H19ClN4O4/c24-18-8-4-5-9-19(18)27-20(29)16-11-10-15(12-17(16)21(27)30)28-23(32)26(22(31)25-28)13-14-6-2-1-3-7-14/h1-11,15-17H,12-13H2,(H,25,31). The smallest absolute Gasteiger partial charge is 0.274 e. The maximum Gasteiger partial charge on any atom is 0.347 e. The monoisotopic (exact) mass is 450 g/mol. The lowest BCUT2D eigenvalue weighted by Crippen LogP contribution is -2.33. The Labute approximate surface area is 187 Å². The highest BCUT2D eigenvalue weighted by Gasteiger charge is 2.49. The molecule has 0 spiro atoms. The number of anilines is 1. The van der Waals surface area contributed by atoms with Crippen molar-refractivity contribution >= 4 is 29.1 Å². The third kappa shape index (κ3) is 3.23. The second-order valence-electron chi connectivity index (χ2n) is 7.92. The second kappa shape index (κ2) is 7.80. The van der Waals surface area contributed by atoms with E-state index < -0.39 is 29.3 Å². The first-order valence-corrected chi connectivity index (χ1v) is 10.6. The van der Waals surface area contributed by atoms with Gasteiger partial charge in [0.05, 0.1) is 35.1 Å². The number of nitrogens with one attached hydrogen (secondary N) is 1. The lowest BCUT2D eigenvalue weighted by molar-refractivity contribution is -0.122. The molecule has 3 aromatic rings. The number of allylic oxidation sites excluding steroid dienone is 1. The molecule has 3 atom stereocenters. The van der Waals surface area contributed by atoms with Crippen LogP contribution >= 0.6 is 11.6 Å². The minimum atomic E-state index is -0.637. The van der Waals surface area contributed by atoms with Gasteiger partial charge in [-0.05, 0) is 24.1 Å². The van der Waals surface area contributed by atoms with E-state index in [0.29, 0.717) is 10.7 Å². The van der Waals surface area contributed by atoms with Crippen molar-refractivity contribution in [2.45, 2.75) is 19.0 Å². The first-order valence-electron chi connectivity index (χ1n) is 10.2. The highest BCUT2D eigenvalue weighted by atomic mass is 35.5. The zero-order chi connectivity index (χ0) is 22.4. The molecule has 1 aromatic heterocycles. The zero-order valence-electron chi connectivity index (χ0n) is 16.8. The lowest BCUT2D eigenvalue weighted by Gasteiger charge is -2.23. The zero-order valence-corrected chi connectivity index (χ0v) is 17.6. The summed E-state index contributed by atoms with van der Waals surface area (Å²) in [6.45, 7) is 0.141. The van der Waals surface area contributed by atoms with E-state index in [0.717, 1.165) is 15.0 Å². The molecule has 1 aliphatic heterocycles. The van der Waals surface area contributed by atoms with Crippen molar-refractivity contribution < 1.29 is 9.59 Å². The Bertz CT molecular complexity index is 1350. The van der Waals surface area contributed by atoms with Crippen LogP contribution in [0.1, 0.15) is 18.0 Å². The minimum absolute atomic E-state index is 0.141. The largest absolute Gasteiger partial charge is 0.347 e. The number of rotatable bonds is 4. The number of nitrogens with zero attached hydrogens (tertiary/aromatic N) is 3. The Morgan fingerprint density at radius 1 is 0.906 bits per heavy atom. The van der Waals surface area contributed by atoms with Gasteiger partial charge in [0.25, 0.3) is 0 Å². The quantitative estimate of drug-likeness (QED) is 0.487. The molecule has 3 unspecified atom stereocenters. The molecule has 0 saturated carbocycles. The SMILES string of the molecule is O=C1C2C=CC(n3[nH]c(=O)n(Cc4ccccc4)c3=O)CC2C(=O)N1c1ccccc1Cl. The topological polar surface area (TPSA) is 97.2 Å². The van der Waals surface area contributed by atoms with Gasteiger partial charge in [-0.15, -0.1) is 0 Å². The Balaban J connectivity index is 1.44. The van der Waals surface area contributed by atoms with Crippen molar-refractivity contribution in [2.75, 3.05) is 4.90 Å². The van der Waals surface area contributed by atoms with Crippen molar-refractivity contribution in [3.63, 3.8) is 0 Å². The van der Waals surface area contributed by atoms with Crippen LogP contribution in [0, 0.1) is 11.8 Å². The molecule has 1 saturated heterocycles. The van der Waals surface area contributed by atoms with E-state index >= 15 is 0 Å². The van der Waals surface area contributed by atoms with Gasteiger partial charge in [-0.1, -0.05) is 66.2 Å². The Kier molecular flexibility index (Phi) is 4.94. The summed E-state index contributed by atoms with van der Waals surface area (Å²) in [5, 5.41) is 2.90. The van der Waals surface area contributed by atoms with E-state index in [1.54, 1.807) is 36.4 Å². The number of hydrogen-bond acceptors (Lipinski definition) is 4. The van der Waals surface area contributed by atoms with E-state index in [4.69, 9.17) is 11.6 Å². The number of carbonyl (C=O) groups excluding carboxylic acids is 2. The van der Waals surface area contributed by atoms with Gasteiger partial charge in [0.2, 0.25) is 11.8 Å². The van der Waals surface area contributed by atoms with Crippen LogP contribution in [-0.2, 0) is 16.1 Å². The molecule has 0 radical (unpaired) electrons. The molecule has 1 aliphatic carbocycles. The lowest BCUT2D eigenvalue weighted by atomic mass is 9.84. The first kappa shape index (κ1) is 20.3. The Hall–Kier alpha value is -3.65. The maximum atomic E-state index is 13.1. The van der Waals surface area contributed by atoms with E-state index in [1.807, 2.05) is 30.3 Å². The summed E-state index contributed by atoms with van der Waals surface area (Å²) in [7, 11) is 0. The molecule has 8 nitrogen and oxygen atoms in total. The van der Waals surface area contributed by atoms with Crippen LogP contribution in [0.5, 0.6) is 0 Å². The van der Waals surface area contributed by atoms with Gasteiger partial charge in [-0.25, -0.2) is 28.8 Å². The molecule has 9 heteroatoms. The van der Waals surface area contributed by atoms with Crippen molar-refractivity contribution in [1.82, 2.24) is 14.3 Å². The number of para-hydroxylation sites is 1. The van der Waals surface area contributed by atoms with E-state index in [1.165, 1.54) is 4.68 Å².